The van der Waals surface area contributed by atoms with Crippen LogP contribution in [0.15, 0.2) is 0 Å². The molecule has 0 unspecified atom stereocenters. The van der Waals surface area contributed by atoms with Gasteiger partial charge >= 0.3 is 12.1 Å². The van der Waals surface area contributed by atoms with E-state index in [4.69, 9.17) is 0 Å². The van der Waals surface area contributed by atoms with E-state index >= 15 is 0 Å². The van der Waals surface area contributed by atoms with E-state index in [1.807, 2.05) is 0 Å². The van der Waals surface area contributed by atoms with Gasteiger partial charge in [-0.1, -0.05) is 0 Å². The van der Waals surface area contributed by atoms with Crippen molar-refractivity contribution in [1.29, 1.82) is 0 Å². The van der Waals surface area contributed by atoms with Crippen molar-refractivity contribution in [2.24, 2.45) is 11.8 Å². The second-order valence-electron chi connectivity index (χ2n) is 5.06. The lowest BCUT2D eigenvalue weighted by Gasteiger charge is -2.45. The molecule has 2 fully saturated rings. The molecule has 19 heavy (non-hydrogen) atoms. The van der Waals surface area contributed by atoms with E-state index in [0.717, 1.165) is 17.9 Å². The molecule has 2 aliphatic rings. The molecule has 7 heteroatoms. The molecule has 1 aliphatic heterocycles. The molecule has 1 spiro atoms. The maximum atomic E-state index is 13.0. The second kappa shape index (κ2) is 5.76. The lowest BCUT2D eigenvalue weighted by molar-refractivity contribution is -0.188. The van der Waals surface area contributed by atoms with Gasteiger partial charge in [-0.15, -0.1) is 23.5 Å². The van der Waals surface area contributed by atoms with Crippen LogP contribution in [-0.4, -0.2) is 34.8 Å². The summed E-state index contributed by atoms with van der Waals surface area (Å²) in [6.07, 6.45) is -2.70. The summed E-state index contributed by atoms with van der Waals surface area (Å²) < 4.78 is 43.4. The third-order valence-corrected chi connectivity index (χ3v) is 7.11. The number of thioether (sulfide) groups is 2. The Labute approximate surface area is 119 Å². The molecular weight excluding hydrogens is 297 g/mol. The van der Waals surface area contributed by atoms with Crippen LogP contribution in [0, 0.1) is 11.8 Å². The van der Waals surface area contributed by atoms with Gasteiger partial charge < -0.3 is 4.74 Å². The average molecular weight is 314 g/mol. The molecule has 0 aromatic heterocycles. The third kappa shape index (κ3) is 3.54. The number of carbonyl (C=O) groups is 1. The first-order valence-corrected chi connectivity index (χ1v) is 8.26. The van der Waals surface area contributed by atoms with Crippen LogP contribution < -0.4 is 0 Å². The quantitative estimate of drug-likeness (QED) is 0.689. The SMILES string of the molecule is COC(=O)[C@@H]1C[C@H](C(F)(F)F)CC2(C1)SCCCS2. The van der Waals surface area contributed by atoms with Crippen LogP contribution in [0.5, 0.6) is 0 Å². The number of ether oxygens (including phenoxy) is 1. The standard InChI is InChI=1S/C12H17F3O2S2/c1-17-10(16)8-5-9(12(13,14)15)7-11(6-8)18-3-2-4-19-11/h8-9H,2-7H2,1H3/t8-,9+/m1/s1. The zero-order valence-electron chi connectivity index (χ0n) is 10.7. The van der Waals surface area contributed by atoms with Crippen LogP contribution in [0.25, 0.3) is 0 Å². The molecule has 2 atom stereocenters. The largest absolute Gasteiger partial charge is 0.469 e. The fraction of sp³-hybridized carbons (Fsp3) is 0.917. The molecule has 0 aromatic rings. The van der Waals surface area contributed by atoms with E-state index in [-0.39, 0.29) is 12.8 Å². The molecule has 0 aromatic carbocycles. The van der Waals surface area contributed by atoms with Gasteiger partial charge in [-0.05, 0) is 37.2 Å². The number of rotatable bonds is 1. The molecule has 2 nitrogen and oxygen atoms in total. The second-order valence-corrected chi connectivity index (χ2v) is 8.28. The molecule has 110 valence electrons. The molecule has 0 N–H and O–H groups in total. The normalized spacial score (nSPS) is 31.2. The summed E-state index contributed by atoms with van der Waals surface area (Å²) in [7, 11) is 1.24. The van der Waals surface area contributed by atoms with E-state index in [1.54, 1.807) is 23.5 Å². The van der Waals surface area contributed by atoms with E-state index in [9.17, 15) is 18.0 Å². The van der Waals surface area contributed by atoms with Crippen molar-refractivity contribution in [2.75, 3.05) is 18.6 Å². The van der Waals surface area contributed by atoms with Gasteiger partial charge in [-0.3, -0.25) is 4.79 Å². The molecular formula is C12H17F3O2S2. The van der Waals surface area contributed by atoms with E-state index in [2.05, 4.69) is 4.74 Å². The molecule has 0 radical (unpaired) electrons. The van der Waals surface area contributed by atoms with Crippen molar-refractivity contribution in [3.63, 3.8) is 0 Å². The Kier molecular flexibility index (Phi) is 4.65. The predicted octanol–water partition coefficient (Wildman–Crippen LogP) is 3.70. The molecule has 2 rings (SSSR count). The Morgan fingerprint density at radius 1 is 1.26 bits per heavy atom. The van der Waals surface area contributed by atoms with Gasteiger partial charge in [-0.25, -0.2) is 0 Å². The number of methoxy groups -OCH3 is 1. The number of hydrogen-bond acceptors (Lipinski definition) is 4. The monoisotopic (exact) mass is 314 g/mol. The van der Waals surface area contributed by atoms with Crippen molar-refractivity contribution in [3.8, 4) is 0 Å². The van der Waals surface area contributed by atoms with Gasteiger partial charge in [0, 0.05) is 0 Å². The zero-order valence-corrected chi connectivity index (χ0v) is 12.3. The maximum Gasteiger partial charge on any atom is 0.391 e. The smallest absolute Gasteiger partial charge is 0.391 e. The van der Waals surface area contributed by atoms with Gasteiger partial charge in [0.2, 0.25) is 0 Å². The van der Waals surface area contributed by atoms with Crippen LogP contribution >= 0.6 is 23.5 Å². The average Bonchev–Trinajstić information content (AvgIpc) is 2.37. The van der Waals surface area contributed by atoms with E-state index in [1.165, 1.54) is 7.11 Å². The van der Waals surface area contributed by atoms with E-state index < -0.39 is 28.1 Å². The molecule has 1 saturated heterocycles. The van der Waals surface area contributed by atoms with Crippen LogP contribution in [0.3, 0.4) is 0 Å². The van der Waals surface area contributed by atoms with Crippen molar-refractivity contribution >= 4 is 29.5 Å². The summed E-state index contributed by atoms with van der Waals surface area (Å²) in [5.74, 6) is -0.747. The fourth-order valence-electron chi connectivity index (χ4n) is 2.79. The molecule has 1 heterocycles. The van der Waals surface area contributed by atoms with Gasteiger partial charge in [0.25, 0.3) is 0 Å². The number of alkyl halides is 3. The fourth-order valence-corrected chi connectivity index (χ4v) is 6.41. The summed E-state index contributed by atoms with van der Waals surface area (Å²) in [6, 6.07) is 0. The number of halogens is 3. The zero-order chi connectivity index (χ0) is 14.1. The number of esters is 1. The Morgan fingerprint density at radius 3 is 2.42 bits per heavy atom. The topological polar surface area (TPSA) is 26.3 Å². The maximum absolute atomic E-state index is 13.0. The van der Waals surface area contributed by atoms with Gasteiger partial charge in [0.05, 0.1) is 23.0 Å². The highest BCUT2D eigenvalue weighted by Crippen LogP contribution is 2.57. The highest BCUT2D eigenvalue weighted by atomic mass is 32.2. The van der Waals surface area contributed by atoms with Crippen LogP contribution in [0.4, 0.5) is 13.2 Å². The van der Waals surface area contributed by atoms with Crippen molar-refractivity contribution in [3.05, 3.63) is 0 Å². The van der Waals surface area contributed by atoms with Crippen LogP contribution in [0.2, 0.25) is 0 Å². The molecule has 0 bridgehead atoms. The third-order valence-electron chi connectivity index (χ3n) is 3.70. The van der Waals surface area contributed by atoms with Crippen LogP contribution in [0.1, 0.15) is 25.7 Å². The first kappa shape index (κ1) is 15.4. The molecule has 1 saturated carbocycles. The summed E-state index contributed by atoms with van der Waals surface area (Å²) in [5.41, 5.74) is 0. The number of carbonyl (C=O) groups excluding carboxylic acids is 1. The number of hydrogen-bond donors (Lipinski definition) is 0. The Balaban J connectivity index is 2.18. The van der Waals surface area contributed by atoms with Gasteiger partial charge in [0.15, 0.2) is 0 Å². The Hall–Kier alpha value is -0.0400. The highest BCUT2D eigenvalue weighted by molar-refractivity contribution is 8.18. The summed E-state index contributed by atoms with van der Waals surface area (Å²) >= 11 is 3.19. The highest BCUT2D eigenvalue weighted by Gasteiger charge is 2.53. The minimum absolute atomic E-state index is 0.124. The summed E-state index contributed by atoms with van der Waals surface area (Å²) in [6.45, 7) is 0. The van der Waals surface area contributed by atoms with E-state index in [0.29, 0.717) is 6.42 Å². The van der Waals surface area contributed by atoms with Crippen molar-refractivity contribution < 1.29 is 22.7 Å². The molecule has 1 aliphatic carbocycles. The summed E-state index contributed by atoms with van der Waals surface area (Å²) in [4.78, 5) is 11.7. The lowest BCUT2D eigenvalue weighted by Crippen LogP contribution is -2.43. The minimum atomic E-state index is -4.22. The van der Waals surface area contributed by atoms with Gasteiger partial charge in [0.1, 0.15) is 0 Å². The lowest BCUT2D eigenvalue weighted by atomic mass is 9.80. The van der Waals surface area contributed by atoms with Crippen molar-refractivity contribution in [2.45, 2.75) is 35.9 Å². The van der Waals surface area contributed by atoms with Gasteiger partial charge in [-0.2, -0.15) is 13.2 Å². The summed E-state index contributed by atoms with van der Waals surface area (Å²) in [5, 5.41) is 0. The molecule has 0 amide bonds. The van der Waals surface area contributed by atoms with Crippen LogP contribution in [-0.2, 0) is 9.53 Å². The Bertz CT molecular complexity index is 340. The minimum Gasteiger partial charge on any atom is -0.469 e. The Morgan fingerprint density at radius 2 is 1.89 bits per heavy atom. The predicted molar refractivity (Wildman–Crippen MR) is 71.2 cm³/mol. The first-order chi connectivity index (χ1) is 8.86. The first-order valence-electron chi connectivity index (χ1n) is 6.29. The van der Waals surface area contributed by atoms with Crippen molar-refractivity contribution in [1.82, 2.24) is 0 Å².